The first-order valence-electron chi connectivity index (χ1n) is 5.31. The van der Waals surface area contributed by atoms with Crippen molar-refractivity contribution in [1.29, 1.82) is 0 Å². The normalized spacial score (nSPS) is 11.3. The summed E-state index contributed by atoms with van der Waals surface area (Å²) < 4.78 is 37.3. The summed E-state index contributed by atoms with van der Waals surface area (Å²) in [5.74, 6) is -1.01. The van der Waals surface area contributed by atoms with E-state index in [1.54, 1.807) is 6.92 Å². The minimum Gasteiger partial charge on any atom is -0.351 e. The van der Waals surface area contributed by atoms with Gasteiger partial charge in [-0.1, -0.05) is 0 Å². The van der Waals surface area contributed by atoms with E-state index in [0.717, 1.165) is 0 Å². The molecule has 1 aromatic carbocycles. The van der Waals surface area contributed by atoms with E-state index in [9.17, 15) is 17.6 Å². The third-order valence-corrected chi connectivity index (χ3v) is 3.75. The molecule has 0 saturated heterocycles. The lowest BCUT2D eigenvalue weighted by atomic mass is 10.1. The first-order valence-corrected chi connectivity index (χ1v) is 6.96. The zero-order valence-corrected chi connectivity index (χ0v) is 11.0. The second-order valence-corrected chi connectivity index (χ2v) is 5.79. The Morgan fingerprint density at radius 2 is 2.06 bits per heavy atom. The smallest absolute Gasteiger partial charge is 0.251 e. The van der Waals surface area contributed by atoms with Gasteiger partial charge in [0.25, 0.3) is 5.91 Å². The van der Waals surface area contributed by atoms with E-state index < -0.39 is 15.9 Å². The van der Waals surface area contributed by atoms with Crippen LogP contribution in [0.5, 0.6) is 0 Å². The van der Waals surface area contributed by atoms with Crippen LogP contribution in [0.3, 0.4) is 0 Å². The van der Waals surface area contributed by atoms with E-state index >= 15 is 0 Å². The molecule has 0 aliphatic heterocycles. The lowest BCUT2D eigenvalue weighted by Crippen LogP contribution is -2.32. The van der Waals surface area contributed by atoms with Crippen LogP contribution >= 0.6 is 0 Å². The number of benzene rings is 1. The van der Waals surface area contributed by atoms with Crippen LogP contribution in [0.15, 0.2) is 18.2 Å². The Labute approximate surface area is 105 Å². The SMILES string of the molecule is CNS(=O)(=O)CCNC(=O)c1ccc(F)c(C)c1. The Kier molecular flexibility index (Phi) is 4.80. The highest BCUT2D eigenvalue weighted by molar-refractivity contribution is 7.89. The molecular formula is C11H15FN2O3S. The topological polar surface area (TPSA) is 75.3 Å². The summed E-state index contributed by atoms with van der Waals surface area (Å²) in [7, 11) is -2.03. The second-order valence-electron chi connectivity index (χ2n) is 3.74. The molecule has 5 nitrogen and oxygen atoms in total. The molecule has 0 radical (unpaired) electrons. The maximum atomic E-state index is 13.0. The average Bonchev–Trinajstić information content (AvgIpc) is 2.32. The lowest BCUT2D eigenvalue weighted by Gasteiger charge is -2.06. The van der Waals surface area contributed by atoms with Gasteiger partial charge >= 0.3 is 0 Å². The third kappa shape index (κ3) is 4.08. The lowest BCUT2D eigenvalue weighted by molar-refractivity contribution is 0.0956. The number of nitrogens with one attached hydrogen (secondary N) is 2. The number of sulfonamides is 1. The van der Waals surface area contributed by atoms with Gasteiger partial charge in [0.15, 0.2) is 0 Å². The molecule has 1 rings (SSSR count). The Bertz CT molecular complexity index is 543. The highest BCUT2D eigenvalue weighted by Gasteiger charge is 2.10. The van der Waals surface area contributed by atoms with Crippen LogP contribution in [-0.2, 0) is 10.0 Å². The summed E-state index contributed by atoms with van der Waals surface area (Å²) >= 11 is 0. The number of rotatable bonds is 5. The predicted octanol–water partition coefficient (Wildman–Crippen LogP) is 0.413. The average molecular weight is 274 g/mol. The zero-order chi connectivity index (χ0) is 13.8. The standard InChI is InChI=1S/C11H15FN2O3S/c1-8-7-9(3-4-10(8)12)11(15)14-5-6-18(16,17)13-2/h3-4,7,13H,5-6H2,1-2H3,(H,14,15). The summed E-state index contributed by atoms with van der Waals surface area (Å²) in [6, 6.07) is 3.97. The number of hydrogen-bond donors (Lipinski definition) is 2. The maximum Gasteiger partial charge on any atom is 0.251 e. The molecule has 100 valence electrons. The van der Waals surface area contributed by atoms with Gasteiger partial charge in [0.1, 0.15) is 5.82 Å². The van der Waals surface area contributed by atoms with Gasteiger partial charge in [0.05, 0.1) is 5.75 Å². The number of amides is 1. The molecule has 0 saturated carbocycles. The number of aryl methyl sites for hydroxylation is 1. The van der Waals surface area contributed by atoms with Crippen molar-refractivity contribution in [1.82, 2.24) is 10.0 Å². The minimum atomic E-state index is -3.34. The molecule has 0 atom stereocenters. The number of hydrogen-bond acceptors (Lipinski definition) is 3. The van der Waals surface area contributed by atoms with Crippen molar-refractivity contribution in [2.75, 3.05) is 19.3 Å². The Morgan fingerprint density at radius 3 is 2.61 bits per heavy atom. The molecule has 2 N–H and O–H groups in total. The van der Waals surface area contributed by atoms with Gasteiger partial charge in [-0.25, -0.2) is 17.5 Å². The fraction of sp³-hybridized carbons (Fsp3) is 0.364. The fourth-order valence-corrected chi connectivity index (χ4v) is 1.86. The van der Waals surface area contributed by atoms with Gasteiger partial charge in [-0.2, -0.15) is 0 Å². The molecule has 1 aromatic rings. The summed E-state index contributed by atoms with van der Waals surface area (Å²) in [6.07, 6.45) is 0. The summed E-state index contributed by atoms with van der Waals surface area (Å²) in [6.45, 7) is 1.55. The summed E-state index contributed by atoms with van der Waals surface area (Å²) in [4.78, 5) is 11.6. The third-order valence-electron chi connectivity index (χ3n) is 2.39. The molecule has 0 aliphatic rings. The molecule has 0 heterocycles. The molecule has 0 unspecified atom stereocenters. The molecule has 0 fully saturated rings. The van der Waals surface area contributed by atoms with E-state index in [0.29, 0.717) is 11.1 Å². The molecule has 7 heteroatoms. The molecule has 0 bridgehead atoms. The van der Waals surface area contributed by atoms with Gasteiger partial charge < -0.3 is 5.32 Å². The molecule has 18 heavy (non-hydrogen) atoms. The maximum absolute atomic E-state index is 13.0. The second kappa shape index (κ2) is 5.92. The molecular weight excluding hydrogens is 259 g/mol. The van der Waals surface area contributed by atoms with Gasteiger partial charge in [-0.15, -0.1) is 0 Å². The van der Waals surface area contributed by atoms with E-state index in [2.05, 4.69) is 10.0 Å². The highest BCUT2D eigenvalue weighted by atomic mass is 32.2. The van der Waals surface area contributed by atoms with Crippen molar-refractivity contribution in [3.63, 3.8) is 0 Å². The first-order chi connectivity index (χ1) is 8.35. The fourth-order valence-electron chi connectivity index (χ4n) is 1.29. The van der Waals surface area contributed by atoms with Crippen LogP contribution in [0.1, 0.15) is 15.9 Å². The Balaban J connectivity index is 2.58. The summed E-state index contributed by atoms with van der Waals surface area (Å²) in [5, 5.41) is 2.46. The molecule has 1 amide bonds. The largest absolute Gasteiger partial charge is 0.351 e. The Hall–Kier alpha value is -1.47. The summed E-state index contributed by atoms with van der Waals surface area (Å²) in [5.41, 5.74) is 0.668. The van der Waals surface area contributed by atoms with Gasteiger partial charge in [0, 0.05) is 12.1 Å². The minimum absolute atomic E-state index is 0.00156. The number of halogens is 1. The van der Waals surface area contributed by atoms with E-state index in [1.807, 2.05) is 0 Å². The van der Waals surface area contributed by atoms with Crippen molar-refractivity contribution in [3.05, 3.63) is 35.1 Å². The van der Waals surface area contributed by atoms with Gasteiger partial charge in [-0.05, 0) is 37.7 Å². The van der Waals surface area contributed by atoms with Gasteiger partial charge in [0.2, 0.25) is 10.0 Å². The van der Waals surface area contributed by atoms with E-state index in [4.69, 9.17) is 0 Å². The van der Waals surface area contributed by atoms with Crippen molar-refractivity contribution in [3.8, 4) is 0 Å². The molecule has 0 spiro atoms. The highest BCUT2D eigenvalue weighted by Crippen LogP contribution is 2.08. The quantitative estimate of drug-likeness (QED) is 0.816. The number of carbonyl (C=O) groups excluding carboxylic acids is 1. The zero-order valence-electron chi connectivity index (χ0n) is 10.2. The first kappa shape index (κ1) is 14.6. The van der Waals surface area contributed by atoms with Crippen LogP contribution in [0.4, 0.5) is 4.39 Å². The van der Waals surface area contributed by atoms with Crippen LogP contribution in [0.2, 0.25) is 0 Å². The van der Waals surface area contributed by atoms with Crippen LogP contribution < -0.4 is 10.0 Å². The van der Waals surface area contributed by atoms with Crippen LogP contribution in [0.25, 0.3) is 0 Å². The number of carbonyl (C=O) groups is 1. The monoisotopic (exact) mass is 274 g/mol. The van der Waals surface area contributed by atoms with Crippen molar-refractivity contribution in [2.24, 2.45) is 0 Å². The molecule has 0 aromatic heterocycles. The van der Waals surface area contributed by atoms with E-state index in [-0.39, 0.29) is 18.1 Å². The van der Waals surface area contributed by atoms with Crippen LogP contribution in [-0.4, -0.2) is 33.7 Å². The van der Waals surface area contributed by atoms with Crippen LogP contribution in [0, 0.1) is 12.7 Å². The van der Waals surface area contributed by atoms with Gasteiger partial charge in [-0.3, -0.25) is 4.79 Å². The van der Waals surface area contributed by atoms with Crippen molar-refractivity contribution >= 4 is 15.9 Å². The molecule has 0 aliphatic carbocycles. The van der Waals surface area contributed by atoms with Crippen molar-refractivity contribution < 1.29 is 17.6 Å². The van der Waals surface area contributed by atoms with Crippen molar-refractivity contribution in [2.45, 2.75) is 6.92 Å². The predicted molar refractivity (Wildman–Crippen MR) is 66.3 cm³/mol. The Morgan fingerprint density at radius 1 is 1.39 bits per heavy atom. The van der Waals surface area contributed by atoms with E-state index in [1.165, 1.54) is 25.2 Å².